The molecule has 0 aromatic carbocycles. The molecule has 1 N–H and O–H groups in total. The van der Waals surface area contributed by atoms with Gasteiger partial charge in [-0.25, -0.2) is 0 Å². The molecule has 2 saturated heterocycles. The third kappa shape index (κ3) is 3.21. The Balaban J connectivity index is 0.000000606. The Kier molecular flexibility index (Phi) is 6.37. The zero-order valence-corrected chi connectivity index (χ0v) is 11.5. The summed E-state index contributed by atoms with van der Waals surface area (Å²) in [6, 6.07) is 0. The molecule has 0 amide bonds. The second-order valence-corrected chi connectivity index (χ2v) is 4.86. The quantitative estimate of drug-likeness (QED) is 0.739. The van der Waals surface area contributed by atoms with Gasteiger partial charge in [0.15, 0.2) is 0 Å². The highest BCUT2D eigenvalue weighted by atomic mass is 15.2. The summed E-state index contributed by atoms with van der Waals surface area (Å²) in [6.45, 7) is 11.4. The van der Waals surface area contributed by atoms with Crippen LogP contribution in [0.25, 0.3) is 0 Å². The van der Waals surface area contributed by atoms with E-state index < -0.39 is 0 Å². The lowest BCUT2D eigenvalue weighted by molar-refractivity contribution is 0.0621. The number of nitrogens with zero attached hydrogens (tertiary/aromatic N) is 1. The van der Waals surface area contributed by atoms with E-state index in [1.807, 2.05) is 13.8 Å². The van der Waals surface area contributed by atoms with Crippen molar-refractivity contribution in [1.29, 1.82) is 0 Å². The van der Waals surface area contributed by atoms with Crippen LogP contribution >= 0.6 is 0 Å². The highest BCUT2D eigenvalue weighted by molar-refractivity contribution is 4.95. The molecule has 16 heavy (non-hydrogen) atoms. The van der Waals surface area contributed by atoms with Crippen molar-refractivity contribution in [2.45, 2.75) is 64.8 Å². The molecule has 0 aromatic rings. The first-order valence-corrected chi connectivity index (χ1v) is 7.33. The lowest BCUT2D eigenvalue weighted by Gasteiger charge is -2.45. The molecule has 0 atom stereocenters. The molecule has 0 aromatic heterocycles. The molecule has 0 radical (unpaired) electrons. The molecule has 2 fully saturated rings. The van der Waals surface area contributed by atoms with Crippen molar-refractivity contribution in [2.75, 3.05) is 26.2 Å². The second-order valence-electron chi connectivity index (χ2n) is 4.86. The van der Waals surface area contributed by atoms with Gasteiger partial charge in [-0.3, -0.25) is 4.90 Å². The molecule has 0 saturated carbocycles. The minimum absolute atomic E-state index is 0.580. The Bertz CT molecular complexity index is 174. The monoisotopic (exact) mass is 226 g/mol. The van der Waals surface area contributed by atoms with Crippen LogP contribution < -0.4 is 5.32 Å². The lowest BCUT2D eigenvalue weighted by Crippen LogP contribution is -2.54. The lowest BCUT2D eigenvalue weighted by atomic mass is 9.82. The molecule has 2 heterocycles. The van der Waals surface area contributed by atoms with Crippen molar-refractivity contribution in [3.8, 4) is 0 Å². The molecule has 2 rings (SSSR count). The molecule has 2 nitrogen and oxygen atoms in total. The van der Waals surface area contributed by atoms with E-state index in [0.717, 1.165) is 0 Å². The van der Waals surface area contributed by atoms with Crippen LogP contribution in [0, 0.1) is 0 Å². The summed E-state index contributed by atoms with van der Waals surface area (Å²) < 4.78 is 0. The molecule has 2 aliphatic heterocycles. The maximum Gasteiger partial charge on any atom is 0.0233 e. The van der Waals surface area contributed by atoms with Gasteiger partial charge in [0, 0.05) is 5.54 Å². The van der Waals surface area contributed by atoms with E-state index in [0.29, 0.717) is 5.54 Å². The van der Waals surface area contributed by atoms with Crippen molar-refractivity contribution >= 4 is 0 Å². The molecule has 1 spiro atoms. The summed E-state index contributed by atoms with van der Waals surface area (Å²) in [5.41, 5.74) is 0.580. The van der Waals surface area contributed by atoms with Crippen molar-refractivity contribution < 1.29 is 0 Å². The molecular weight excluding hydrogens is 196 g/mol. The van der Waals surface area contributed by atoms with E-state index in [2.05, 4.69) is 17.1 Å². The highest BCUT2D eigenvalue weighted by Gasteiger charge is 2.37. The fraction of sp³-hybridized carbons (Fsp3) is 1.00. The van der Waals surface area contributed by atoms with E-state index in [4.69, 9.17) is 0 Å². The topological polar surface area (TPSA) is 15.3 Å². The normalized spacial score (nSPS) is 25.7. The van der Waals surface area contributed by atoms with Crippen LogP contribution in [0.4, 0.5) is 0 Å². The number of piperidine rings is 1. The predicted molar refractivity (Wildman–Crippen MR) is 71.9 cm³/mol. The Morgan fingerprint density at radius 3 is 2.31 bits per heavy atom. The SMILES string of the molecule is CC.CCN1CCCCCC12CCNCC2. The number of nitrogens with one attached hydrogen (secondary N) is 1. The molecule has 96 valence electrons. The summed E-state index contributed by atoms with van der Waals surface area (Å²) in [7, 11) is 0. The number of rotatable bonds is 1. The van der Waals surface area contributed by atoms with Gasteiger partial charge in [0.1, 0.15) is 0 Å². The minimum Gasteiger partial charge on any atom is -0.317 e. The number of hydrogen-bond donors (Lipinski definition) is 1. The molecule has 2 aliphatic rings. The van der Waals surface area contributed by atoms with Crippen LogP contribution in [0.2, 0.25) is 0 Å². The third-order valence-electron chi connectivity index (χ3n) is 4.16. The molecular formula is C14H30N2. The minimum atomic E-state index is 0.580. The average Bonchev–Trinajstić information content (AvgIpc) is 2.55. The van der Waals surface area contributed by atoms with Crippen molar-refractivity contribution in [2.24, 2.45) is 0 Å². The van der Waals surface area contributed by atoms with Gasteiger partial charge in [-0.2, -0.15) is 0 Å². The molecule has 2 heteroatoms. The Hall–Kier alpha value is -0.0800. The van der Waals surface area contributed by atoms with Crippen LogP contribution in [-0.2, 0) is 0 Å². The van der Waals surface area contributed by atoms with E-state index in [1.54, 1.807) is 0 Å². The summed E-state index contributed by atoms with van der Waals surface area (Å²) >= 11 is 0. The van der Waals surface area contributed by atoms with Gasteiger partial charge < -0.3 is 5.32 Å². The van der Waals surface area contributed by atoms with Gasteiger partial charge in [-0.05, 0) is 51.9 Å². The Morgan fingerprint density at radius 1 is 1.00 bits per heavy atom. The fourth-order valence-corrected chi connectivity index (χ4v) is 3.28. The second kappa shape index (κ2) is 7.29. The van der Waals surface area contributed by atoms with Gasteiger partial charge in [0.05, 0.1) is 0 Å². The molecule has 0 aliphatic carbocycles. The van der Waals surface area contributed by atoms with Crippen molar-refractivity contribution in [3.05, 3.63) is 0 Å². The van der Waals surface area contributed by atoms with Crippen LogP contribution in [0.3, 0.4) is 0 Å². The number of hydrogen-bond acceptors (Lipinski definition) is 2. The fourth-order valence-electron chi connectivity index (χ4n) is 3.28. The van der Waals surface area contributed by atoms with Crippen LogP contribution in [0.1, 0.15) is 59.3 Å². The first kappa shape index (κ1) is 14.0. The van der Waals surface area contributed by atoms with Gasteiger partial charge in [-0.15, -0.1) is 0 Å². The Labute approximate surface area is 102 Å². The largest absolute Gasteiger partial charge is 0.317 e. The Morgan fingerprint density at radius 2 is 1.69 bits per heavy atom. The highest BCUT2D eigenvalue weighted by Crippen LogP contribution is 2.34. The zero-order valence-electron chi connectivity index (χ0n) is 11.5. The van der Waals surface area contributed by atoms with Crippen LogP contribution in [0.5, 0.6) is 0 Å². The maximum atomic E-state index is 3.49. The number of likely N-dealkylation sites (tertiary alicyclic amines) is 1. The van der Waals surface area contributed by atoms with Crippen LogP contribution in [-0.4, -0.2) is 36.6 Å². The average molecular weight is 226 g/mol. The van der Waals surface area contributed by atoms with Gasteiger partial charge in [-0.1, -0.05) is 33.6 Å². The zero-order chi connectivity index (χ0) is 11.9. The first-order chi connectivity index (χ1) is 7.87. The standard InChI is InChI=1S/C12H24N2.C2H6/c1-2-14-11-5-3-4-6-12(14)7-9-13-10-8-12;1-2/h13H,2-11H2,1H3;1-2H3. The first-order valence-electron chi connectivity index (χ1n) is 7.33. The van der Waals surface area contributed by atoms with Crippen LogP contribution in [0.15, 0.2) is 0 Å². The van der Waals surface area contributed by atoms with E-state index >= 15 is 0 Å². The summed E-state index contributed by atoms with van der Waals surface area (Å²) in [6.07, 6.45) is 8.52. The van der Waals surface area contributed by atoms with Gasteiger partial charge in [0.25, 0.3) is 0 Å². The molecule has 0 unspecified atom stereocenters. The van der Waals surface area contributed by atoms with Crippen molar-refractivity contribution in [3.63, 3.8) is 0 Å². The maximum absolute atomic E-state index is 3.49. The predicted octanol–water partition coefficient (Wildman–Crippen LogP) is 3.03. The van der Waals surface area contributed by atoms with Gasteiger partial charge >= 0.3 is 0 Å². The summed E-state index contributed by atoms with van der Waals surface area (Å²) in [5.74, 6) is 0. The van der Waals surface area contributed by atoms with E-state index in [1.165, 1.54) is 64.7 Å². The third-order valence-corrected chi connectivity index (χ3v) is 4.16. The van der Waals surface area contributed by atoms with Gasteiger partial charge in [0.2, 0.25) is 0 Å². The summed E-state index contributed by atoms with van der Waals surface area (Å²) in [4.78, 5) is 2.76. The van der Waals surface area contributed by atoms with E-state index in [9.17, 15) is 0 Å². The molecule has 0 bridgehead atoms. The van der Waals surface area contributed by atoms with E-state index in [-0.39, 0.29) is 0 Å². The summed E-state index contributed by atoms with van der Waals surface area (Å²) in [5, 5.41) is 3.49. The van der Waals surface area contributed by atoms with Crippen molar-refractivity contribution in [1.82, 2.24) is 10.2 Å². The smallest absolute Gasteiger partial charge is 0.0233 e.